The molecule has 0 saturated carbocycles. The first kappa shape index (κ1) is 38.8. The summed E-state index contributed by atoms with van der Waals surface area (Å²) in [6.07, 6.45) is 1.69. The molecule has 4 aromatic heterocycles. The van der Waals surface area contributed by atoms with Gasteiger partial charge < -0.3 is 18.9 Å². The summed E-state index contributed by atoms with van der Waals surface area (Å²) in [5.74, 6) is 4.17. The molecule has 0 fully saturated rings. The molecule has 0 unspecified atom stereocenters. The van der Waals surface area contributed by atoms with Crippen LogP contribution in [-0.2, 0) is 16.2 Å². The van der Waals surface area contributed by atoms with Gasteiger partial charge in [-0.1, -0.05) is 100 Å². The van der Waals surface area contributed by atoms with Gasteiger partial charge in [0.05, 0.1) is 22.1 Å². The number of hydrogen-bond acceptors (Lipinski definition) is 8. The number of pyridine rings is 4. The third-order valence-electron chi connectivity index (χ3n) is 13.3. The molecule has 0 amide bonds. The van der Waals surface area contributed by atoms with Gasteiger partial charge in [-0.3, -0.25) is 0 Å². The Morgan fingerprint density at radius 3 is 0.877 bits per heavy atom. The van der Waals surface area contributed by atoms with Crippen LogP contribution < -0.4 is 18.9 Å². The van der Waals surface area contributed by atoms with Crippen molar-refractivity contribution >= 4 is 43.6 Å². The molecular weight excluding hydrogens is 805 g/mol. The van der Waals surface area contributed by atoms with Gasteiger partial charge in [-0.15, -0.1) is 0 Å². The summed E-state index contributed by atoms with van der Waals surface area (Å²) < 4.78 is 27.2. The fourth-order valence-electron chi connectivity index (χ4n) is 10.5. The molecule has 6 aromatic carbocycles. The van der Waals surface area contributed by atoms with E-state index in [0.717, 1.165) is 56.5 Å². The quantitative estimate of drug-likeness (QED) is 0.149. The van der Waals surface area contributed by atoms with E-state index in [9.17, 15) is 0 Å². The normalized spacial score (nSPS) is 15.3. The lowest BCUT2D eigenvalue weighted by molar-refractivity contribution is 0.349. The smallest absolute Gasteiger partial charge is 0.219 e. The third-order valence-corrected chi connectivity index (χ3v) is 13.3. The number of aromatic nitrogens is 4. The van der Waals surface area contributed by atoms with Crippen LogP contribution in [0.2, 0.25) is 0 Å². The summed E-state index contributed by atoms with van der Waals surface area (Å²) in [4.78, 5) is 19.6. The molecule has 12 rings (SSSR count). The van der Waals surface area contributed by atoms with Gasteiger partial charge in [0.1, 0.15) is 0 Å². The summed E-state index contributed by atoms with van der Waals surface area (Å²) in [5, 5.41) is 4.15. The molecule has 2 aliphatic rings. The van der Waals surface area contributed by atoms with Crippen molar-refractivity contribution in [3.63, 3.8) is 0 Å². The van der Waals surface area contributed by atoms with Crippen molar-refractivity contribution in [2.75, 3.05) is 0 Å². The van der Waals surface area contributed by atoms with E-state index in [4.69, 9.17) is 38.9 Å². The summed E-state index contributed by atoms with van der Waals surface area (Å²) in [7, 11) is 0. The highest BCUT2D eigenvalue weighted by Crippen LogP contribution is 2.65. The summed E-state index contributed by atoms with van der Waals surface area (Å²) in [6, 6.07) is 56.7. The number of para-hydroxylation sites is 4. The summed E-state index contributed by atoms with van der Waals surface area (Å²) >= 11 is 0. The second-order valence-electron chi connectivity index (χ2n) is 18.7. The average molecular weight is 849 g/mol. The average Bonchev–Trinajstić information content (AvgIpc) is 3.66. The highest BCUT2D eigenvalue weighted by atomic mass is 16.5. The van der Waals surface area contributed by atoms with E-state index in [1.807, 2.05) is 121 Å². The predicted octanol–water partition coefficient (Wildman–Crippen LogP) is 14.7. The molecule has 4 heterocycles. The van der Waals surface area contributed by atoms with E-state index in [1.165, 1.54) is 22.3 Å². The van der Waals surface area contributed by atoms with Gasteiger partial charge in [-0.05, 0) is 119 Å². The second-order valence-corrected chi connectivity index (χ2v) is 18.7. The molecule has 1 spiro atoms. The minimum Gasteiger partial charge on any atom is -0.435 e. The molecule has 0 N–H and O–H groups in total. The number of ether oxygens (including phenoxy) is 4. The Morgan fingerprint density at radius 2 is 0.585 bits per heavy atom. The summed E-state index contributed by atoms with van der Waals surface area (Å²) in [6.45, 7) is 9.31. The maximum absolute atomic E-state index is 6.84. The van der Waals surface area contributed by atoms with Gasteiger partial charge in [0.15, 0.2) is 23.0 Å². The van der Waals surface area contributed by atoms with E-state index in [1.54, 1.807) is 0 Å². The van der Waals surface area contributed by atoms with Crippen LogP contribution in [0.5, 0.6) is 46.5 Å². The molecule has 2 aliphatic carbocycles. The standard InChI is InChI=1S/C57H44N4O4/c1-55(2)33-57(41-31-49(64-53-27-23-37-15-7-11-19-45(37)60-53)47(29-39(41)55)62-51-25-21-35-13-5-9-17-43(35)58-51)34-56(3,4)40-30-48(63-52-26-22-36-14-6-10-18-44(36)59-52)50(32-42(40)57)65-54-28-24-38-16-8-12-20-46(38)61-54/h5-32H,33-34H2,1-4H3. The van der Waals surface area contributed by atoms with Crippen molar-refractivity contribution in [3.8, 4) is 46.5 Å². The Hall–Kier alpha value is -7.84. The lowest BCUT2D eigenvalue weighted by Crippen LogP contribution is -2.27. The molecule has 0 aliphatic heterocycles. The SMILES string of the molecule is CC1(C)CC2(CC(C)(C)c3cc(Oc4ccc5ccccc5n4)c(Oc4ccc5ccccc5n4)cc32)c2cc(Oc3ccc4ccccc4n3)c(Oc3ccc4ccccc4n3)cc21. The van der Waals surface area contributed by atoms with Crippen LogP contribution in [0.25, 0.3) is 43.6 Å². The number of nitrogens with zero attached hydrogens (tertiary/aromatic N) is 4. The van der Waals surface area contributed by atoms with Crippen LogP contribution in [-0.4, -0.2) is 19.9 Å². The lowest BCUT2D eigenvalue weighted by atomic mass is 9.72. The Balaban J connectivity index is 1.02. The van der Waals surface area contributed by atoms with E-state index in [2.05, 4.69) is 76.2 Å². The van der Waals surface area contributed by atoms with Crippen molar-refractivity contribution in [2.24, 2.45) is 0 Å². The van der Waals surface area contributed by atoms with Gasteiger partial charge in [0.2, 0.25) is 23.5 Å². The molecule has 0 saturated heterocycles. The Bertz CT molecular complexity index is 3310. The van der Waals surface area contributed by atoms with Crippen molar-refractivity contribution in [3.05, 3.63) is 192 Å². The Kier molecular flexibility index (Phi) is 8.72. The van der Waals surface area contributed by atoms with Gasteiger partial charge in [-0.2, -0.15) is 0 Å². The second kappa shape index (κ2) is 14.6. The van der Waals surface area contributed by atoms with E-state index in [0.29, 0.717) is 46.5 Å². The highest BCUT2D eigenvalue weighted by Gasteiger charge is 2.57. The van der Waals surface area contributed by atoms with E-state index >= 15 is 0 Å². The molecule has 8 heteroatoms. The zero-order chi connectivity index (χ0) is 43.9. The van der Waals surface area contributed by atoms with Crippen LogP contribution in [0.3, 0.4) is 0 Å². The van der Waals surface area contributed by atoms with E-state index < -0.39 is 5.41 Å². The predicted molar refractivity (Wildman–Crippen MR) is 256 cm³/mol. The van der Waals surface area contributed by atoms with Gasteiger partial charge >= 0.3 is 0 Å². The monoisotopic (exact) mass is 848 g/mol. The van der Waals surface area contributed by atoms with Crippen molar-refractivity contribution in [1.29, 1.82) is 0 Å². The number of fused-ring (bicyclic) bond motifs is 8. The molecule has 65 heavy (non-hydrogen) atoms. The van der Waals surface area contributed by atoms with Crippen LogP contribution in [0.1, 0.15) is 62.8 Å². The summed E-state index contributed by atoms with van der Waals surface area (Å²) in [5.41, 5.74) is 7.20. The zero-order valence-electron chi connectivity index (χ0n) is 36.5. The molecule has 316 valence electrons. The number of rotatable bonds is 8. The molecule has 0 radical (unpaired) electrons. The molecular formula is C57H44N4O4. The van der Waals surface area contributed by atoms with Crippen LogP contribution in [0, 0.1) is 0 Å². The Morgan fingerprint density at radius 1 is 0.323 bits per heavy atom. The Labute approximate surface area is 376 Å². The lowest BCUT2D eigenvalue weighted by Gasteiger charge is -2.31. The first-order chi connectivity index (χ1) is 31.6. The van der Waals surface area contributed by atoms with Crippen molar-refractivity contribution in [2.45, 2.75) is 56.8 Å². The highest BCUT2D eigenvalue weighted by molar-refractivity contribution is 5.81. The largest absolute Gasteiger partial charge is 0.435 e. The maximum atomic E-state index is 6.84. The van der Waals surface area contributed by atoms with Gasteiger partial charge in [0, 0.05) is 51.2 Å². The van der Waals surface area contributed by atoms with Gasteiger partial charge in [-0.25, -0.2) is 19.9 Å². The van der Waals surface area contributed by atoms with Crippen molar-refractivity contribution in [1.82, 2.24) is 19.9 Å². The third kappa shape index (κ3) is 6.76. The first-order valence-electron chi connectivity index (χ1n) is 22.1. The topological polar surface area (TPSA) is 88.5 Å². The van der Waals surface area contributed by atoms with Crippen LogP contribution >= 0.6 is 0 Å². The molecule has 10 aromatic rings. The fraction of sp³-hybridized carbons (Fsp3) is 0.158. The molecule has 0 bridgehead atoms. The van der Waals surface area contributed by atoms with Gasteiger partial charge in [0.25, 0.3) is 0 Å². The van der Waals surface area contributed by atoms with E-state index in [-0.39, 0.29) is 10.8 Å². The van der Waals surface area contributed by atoms with Crippen molar-refractivity contribution < 1.29 is 18.9 Å². The first-order valence-corrected chi connectivity index (χ1v) is 22.1. The number of benzene rings is 6. The maximum Gasteiger partial charge on any atom is 0.219 e. The minimum absolute atomic E-state index is 0.257. The molecule has 8 nitrogen and oxygen atoms in total. The zero-order valence-corrected chi connectivity index (χ0v) is 36.5. The molecule has 0 atom stereocenters. The fourth-order valence-corrected chi connectivity index (χ4v) is 10.5. The number of hydrogen-bond donors (Lipinski definition) is 0. The van der Waals surface area contributed by atoms with Crippen LogP contribution in [0.4, 0.5) is 0 Å². The van der Waals surface area contributed by atoms with Crippen LogP contribution in [0.15, 0.2) is 170 Å². The minimum atomic E-state index is -0.430.